The van der Waals surface area contributed by atoms with Crippen LogP contribution in [0, 0.1) is 0 Å². The number of hydrogen-bond acceptors (Lipinski definition) is 4. The van der Waals surface area contributed by atoms with E-state index in [0.717, 1.165) is 10.6 Å². The van der Waals surface area contributed by atoms with Gasteiger partial charge in [-0.25, -0.2) is 4.79 Å². The third kappa shape index (κ3) is 4.61. The van der Waals surface area contributed by atoms with Gasteiger partial charge in [-0.1, -0.05) is 19.8 Å². The lowest BCUT2D eigenvalue weighted by molar-refractivity contribution is 0.0527. The second-order valence-electron chi connectivity index (χ2n) is 4.03. The van der Waals surface area contributed by atoms with Crippen LogP contribution in [0.1, 0.15) is 43.5 Å². The summed E-state index contributed by atoms with van der Waals surface area (Å²) in [6.45, 7) is 4.34. The highest BCUT2D eigenvalue weighted by Crippen LogP contribution is 2.24. The quantitative estimate of drug-likeness (QED) is 0.354. The lowest BCUT2D eigenvalue weighted by Gasteiger charge is -2.07. The van der Waals surface area contributed by atoms with Crippen molar-refractivity contribution in [3.8, 4) is 0 Å². The van der Waals surface area contributed by atoms with Gasteiger partial charge in [0.2, 0.25) is 0 Å². The summed E-state index contributed by atoms with van der Waals surface area (Å²) < 4.78 is 4.98. The number of esters is 1. The number of nitrogens with two attached hydrogens (primary N) is 1. The SMILES string of the molecule is CCCCCSc1ccc(N)c(C(=O)OCC)c1. The monoisotopic (exact) mass is 267 g/mol. The van der Waals surface area contributed by atoms with E-state index < -0.39 is 0 Å². The number of ether oxygens (including phenoxy) is 1. The van der Waals surface area contributed by atoms with Gasteiger partial charge < -0.3 is 10.5 Å². The third-order valence-electron chi connectivity index (χ3n) is 2.54. The fourth-order valence-corrected chi connectivity index (χ4v) is 2.50. The van der Waals surface area contributed by atoms with Crippen LogP contribution in [0.2, 0.25) is 0 Å². The van der Waals surface area contributed by atoms with Crippen molar-refractivity contribution >= 4 is 23.4 Å². The van der Waals surface area contributed by atoms with E-state index >= 15 is 0 Å². The average Bonchev–Trinajstić information content (AvgIpc) is 2.36. The van der Waals surface area contributed by atoms with Crippen LogP contribution in [0.3, 0.4) is 0 Å². The fraction of sp³-hybridized carbons (Fsp3) is 0.500. The molecular weight excluding hydrogens is 246 g/mol. The van der Waals surface area contributed by atoms with Crippen LogP contribution in [0.4, 0.5) is 5.69 Å². The zero-order chi connectivity index (χ0) is 13.4. The number of rotatable bonds is 7. The predicted octanol–water partition coefficient (Wildman–Crippen LogP) is 3.73. The summed E-state index contributed by atoms with van der Waals surface area (Å²) in [7, 11) is 0. The number of nitrogen functional groups attached to an aromatic ring is 1. The van der Waals surface area contributed by atoms with Gasteiger partial charge in [-0.05, 0) is 37.3 Å². The van der Waals surface area contributed by atoms with Crippen LogP contribution in [0.5, 0.6) is 0 Å². The third-order valence-corrected chi connectivity index (χ3v) is 3.62. The summed E-state index contributed by atoms with van der Waals surface area (Å²) >= 11 is 1.76. The summed E-state index contributed by atoms with van der Waals surface area (Å²) in [6, 6.07) is 5.55. The van der Waals surface area contributed by atoms with Gasteiger partial charge in [0, 0.05) is 10.6 Å². The minimum atomic E-state index is -0.342. The number of hydrogen-bond donors (Lipinski definition) is 1. The highest BCUT2D eigenvalue weighted by Gasteiger charge is 2.11. The Morgan fingerprint density at radius 2 is 2.11 bits per heavy atom. The molecule has 0 aliphatic carbocycles. The normalized spacial score (nSPS) is 10.3. The number of benzene rings is 1. The van der Waals surface area contributed by atoms with Gasteiger partial charge in [-0.15, -0.1) is 11.8 Å². The van der Waals surface area contributed by atoms with Gasteiger partial charge in [-0.3, -0.25) is 0 Å². The standard InChI is InChI=1S/C14H21NO2S/c1-3-5-6-9-18-11-7-8-13(15)12(10-11)14(16)17-4-2/h7-8,10H,3-6,9,15H2,1-2H3. The molecule has 1 rings (SSSR count). The van der Waals surface area contributed by atoms with Crippen LogP contribution in [0.25, 0.3) is 0 Å². The van der Waals surface area contributed by atoms with E-state index in [1.807, 2.05) is 12.1 Å². The first kappa shape index (κ1) is 14.9. The maximum Gasteiger partial charge on any atom is 0.340 e. The fourth-order valence-electron chi connectivity index (χ4n) is 1.55. The summed E-state index contributed by atoms with van der Waals surface area (Å²) in [4.78, 5) is 12.8. The molecule has 0 bridgehead atoms. The minimum absolute atomic E-state index is 0.342. The Morgan fingerprint density at radius 3 is 2.78 bits per heavy atom. The molecule has 1 aromatic rings. The van der Waals surface area contributed by atoms with E-state index in [1.54, 1.807) is 24.8 Å². The van der Waals surface area contributed by atoms with Crippen molar-refractivity contribution in [2.75, 3.05) is 18.1 Å². The van der Waals surface area contributed by atoms with Crippen LogP contribution >= 0.6 is 11.8 Å². The largest absolute Gasteiger partial charge is 0.462 e. The molecule has 18 heavy (non-hydrogen) atoms. The van der Waals surface area contributed by atoms with Gasteiger partial charge >= 0.3 is 5.97 Å². The lowest BCUT2D eigenvalue weighted by Crippen LogP contribution is -2.08. The molecule has 0 saturated heterocycles. The molecule has 0 heterocycles. The van der Waals surface area contributed by atoms with Crippen molar-refractivity contribution in [1.82, 2.24) is 0 Å². The van der Waals surface area contributed by atoms with Crippen LogP contribution in [-0.2, 0) is 4.74 Å². The van der Waals surface area contributed by atoms with Crippen LogP contribution < -0.4 is 5.73 Å². The van der Waals surface area contributed by atoms with Gasteiger partial charge in [0.1, 0.15) is 0 Å². The molecule has 100 valence electrons. The van der Waals surface area contributed by atoms with E-state index in [1.165, 1.54) is 19.3 Å². The maximum atomic E-state index is 11.7. The number of carbonyl (C=O) groups excluding carboxylic acids is 1. The molecule has 0 amide bonds. The van der Waals surface area contributed by atoms with Gasteiger partial charge in [-0.2, -0.15) is 0 Å². The summed E-state index contributed by atoms with van der Waals surface area (Å²) in [5.41, 5.74) is 6.73. The molecule has 0 aliphatic rings. The van der Waals surface area contributed by atoms with Crippen molar-refractivity contribution < 1.29 is 9.53 Å². The topological polar surface area (TPSA) is 52.3 Å². The molecule has 0 fully saturated rings. The molecule has 2 N–H and O–H groups in total. The minimum Gasteiger partial charge on any atom is -0.462 e. The molecule has 0 unspecified atom stereocenters. The van der Waals surface area contributed by atoms with Crippen molar-refractivity contribution in [3.63, 3.8) is 0 Å². The Kier molecular flexibility index (Phi) is 6.65. The van der Waals surface area contributed by atoms with Crippen LogP contribution in [0.15, 0.2) is 23.1 Å². The number of thioether (sulfide) groups is 1. The molecule has 0 radical (unpaired) electrons. The van der Waals surface area contributed by atoms with E-state index in [9.17, 15) is 4.79 Å². The molecule has 3 nitrogen and oxygen atoms in total. The zero-order valence-corrected chi connectivity index (χ0v) is 11.9. The van der Waals surface area contributed by atoms with Crippen molar-refractivity contribution in [2.45, 2.75) is 38.0 Å². The lowest BCUT2D eigenvalue weighted by atomic mass is 10.2. The van der Waals surface area contributed by atoms with Gasteiger partial charge in [0.05, 0.1) is 12.2 Å². The summed E-state index contributed by atoms with van der Waals surface area (Å²) in [5, 5.41) is 0. The smallest absolute Gasteiger partial charge is 0.340 e. The first-order chi connectivity index (χ1) is 8.69. The highest BCUT2D eigenvalue weighted by molar-refractivity contribution is 7.99. The average molecular weight is 267 g/mol. The second-order valence-corrected chi connectivity index (χ2v) is 5.19. The Hall–Kier alpha value is -1.16. The molecule has 0 spiro atoms. The zero-order valence-electron chi connectivity index (χ0n) is 11.1. The first-order valence-electron chi connectivity index (χ1n) is 6.38. The Labute approximate surface area is 113 Å². The van der Waals surface area contributed by atoms with E-state index in [2.05, 4.69) is 6.92 Å². The maximum absolute atomic E-state index is 11.7. The summed E-state index contributed by atoms with van der Waals surface area (Å²) in [6.07, 6.45) is 3.66. The van der Waals surface area contributed by atoms with E-state index in [-0.39, 0.29) is 5.97 Å². The van der Waals surface area contributed by atoms with E-state index in [4.69, 9.17) is 10.5 Å². The number of anilines is 1. The summed E-state index contributed by atoms with van der Waals surface area (Å²) in [5.74, 6) is 0.728. The Morgan fingerprint density at radius 1 is 1.33 bits per heavy atom. The van der Waals surface area contributed by atoms with Crippen molar-refractivity contribution in [2.24, 2.45) is 0 Å². The van der Waals surface area contributed by atoms with Gasteiger partial charge in [0.25, 0.3) is 0 Å². The Bertz CT molecular complexity index is 393. The highest BCUT2D eigenvalue weighted by atomic mass is 32.2. The molecule has 0 saturated carbocycles. The molecule has 0 aliphatic heterocycles. The Balaban J connectivity index is 2.65. The molecule has 0 aromatic heterocycles. The molecule has 0 atom stereocenters. The predicted molar refractivity (Wildman–Crippen MR) is 77.1 cm³/mol. The molecule has 4 heteroatoms. The van der Waals surface area contributed by atoms with E-state index in [0.29, 0.717) is 17.9 Å². The number of carbonyl (C=O) groups is 1. The van der Waals surface area contributed by atoms with Gasteiger partial charge in [0.15, 0.2) is 0 Å². The first-order valence-corrected chi connectivity index (χ1v) is 7.37. The van der Waals surface area contributed by atoms with Crippen molar-refractivity contribution in [3.05, 3.63) is 23.8 Å². The van der Waals surface area contributed by atoms with Crippen LogP contribution in [-0.4, -0.2) is 18.3 Å². The molecular formula is C14H21NO2S. The molecule has 1 aromatic carbocycles. The second kappa shape index (κ2) is 8.03. The van der Waals surface area contributed by atoms with Crippen molar-refractivity contribution in [1.29, 1.82) is 0 Å². The number of unbranched alkanes of at least 4 members (excludes halogenated alkanes) is 2.